The van der Waals surface area contributed by atoms with Gasteiger partial charge in [-0.05, 0) is 22.6 Å². The highest BCUT2D eigenvalue weighted by molar-refractivity contribution is 9.11. The number of fused-ring (bicyclic) bond motifs is 1. The van der Waals surface area contributed by atoms with Crippen molar-refractivity contribution in [2.75, 3.05) is 13.7 Å². The van der Waals surface area contributed by atoms with E-state index in [1.165, 1.54) is 4.90 Å². The van der Waals surface area contributed by atoms with Crippen LogP contribution in [0.25, 0.3) is 0 Å². The summed E-state index contributed by atoms with van der Waals surface area (Å²) in [6.45, 7) is 0.697. The summed E-state index contributed by atoms with van der Waals surface area (Å²) in [5, 5.41) is 2.03. The molecule has 0 radical (unpaired) electrons. The quantitative estimate of drug-likeness (QED) is 0.779. The minimum Gasteiger partial charge on any atom is -0.493 e. The fourth-order valence-corrected chi connectivity index (χ4v) is 4.74. The molecule has 3 heterocycles. The van der Waals surface area contributed by atoms with Gasteiger partial charge in [-0.3, -0.25) is 9.69 Å². The van der Waals surface area contributed by atoms with E-state index in [4.69, 9.17) is 10.5 Å². The van der Waals surface area contributed by atoms with E-state index < -0.39 is 5.92 Å². The number of amides is 1. The van der Waals surface area contributed by atoms with Crippen LogP contribution in [0.2, 0.25) is 0 Å². The Morgan fingerprint density at radius 1 is 1.46 bits per heavy atom. The zero-order valence-electron chi connectivity index (χ0n) is 13.1. The Morgan fingerprint density at radius 3 is 3.04 bits per heavy atom. The molecule has 3 aliphatic heterocycles. The normalized spacial score (nSPS) is 26.2. The van der Waals surface area contributed by atoms with Crippen LogP contribution in [0.1, 0.15) is 23.5 Å². The fraction of sp³-hybridized carbons (Fsp3) is 0.294. The SMILES string of the molecule is CN1C(=O)C(c2ccc3c(c2)CCO3)/C(=C2/CC(Br)=CS2)N=C1N. The van der Waals surface area contributed by atoms with Crippen molar-refractivity contribution in [3.63, 3.8) is 0 Å². The van der Waals surface area contributed by atoms with Crippen LogP contribution < -0.4 is 10.5 Å². The van der Waals surface area contributed by atoms with E-state index in [-0.39, 0.29) is 11.9 Å². The van der Waals surface area contributed by atoms with Crippen LogP contribution >= 0.6 is 27.7 Å². The number of hydrogen-bond acceptors (Lipinski definition) is 5. The molecule has 5 nitrogen and oxygen atoms in total. The lowest BCUT2D eigenvalue weighted by Crippen LogP contribution is -2.45. The Labute approximate surface area is 152 Å². The molecule has 1 aromatic carbocycles. The van der Waals surface area contributed by atoms with Crippen molar-refractivity contribution in [3.05, 3.63) is 49.8 Å². The number of benzene rings is 1. The van der Waals surface area contributed by atoms with Gasteiger partial charge in [0.25, 0.3) is 0 Å². The lowest BCUT2D eigenvalue weighted by atomic mass is 9.91. The molecule has 3 aliphatic rings. The van der Waals surface area contributed by atoms with Gasteiger partial charge in [0.05, 0.1) is 12.3 Å². The average molecular weight is 406 g/mol. The average Bonchev–Trinajstić information content (AvgIpc) is 3.20. The number of nitrogens with two attached hydrogens (primary N) is 1. The minimum atomic E-state index is -0.428. The maximum atomic E-state index is 12.9. The van der Waals surface area contributed by atoms with Crippen LogP contribution in [0.5, 0.6) is 5.75 Å². The van der Waals surface area contributed by atoms with Crippen LogP contribution in [0, 0.1) is 0 Å². The summed E-state index contributed by atoms with van der Waals surface area (Å²) in [7, 11) is 1.67. The van der Waals surface area contributed by atoms with Gasteiger partial charge in [-0.15, -0.1) is 0 Å². The molecule has 0 aromatic heterocycles. The number of aliphatic imine (C=N–C) groups is 1. The second-order valence-electron chi connectivity index (χ2n) is 5.93. The first-order valence-electron chi connectivity index (χ1n) is 7.66. The van der Waals surface area contributed by atoms with Crippen molar-refractivity contribution in [1.82, 2.24) is 4.90 Å². The van der Waals surface area contributed by atoms with E-state index in [9.17, 15) is 4.79 Å². The molecule has 0 spiro atoms. The van der Waals surface area contributed by atoms with E-state index >= 15 is 0 Å². The molecule has 24 heavy (non-hydrogen) atoms. The standard InChI is InChI=1S/C17H16BrN3O2S/c1-21-16(22)14(10-2-3-12-9(6-10)4-5-23-12)15(20-17(21)19)13-7-11(18)8-24-13/h2-3,6,8,14H,4-5,7H2,1H3,(H2,19,20)/b15-13+. The van der Waals surface area contributed by atoms with Gasteiger partial charge >= 0.3 is 0 Å². The number of carbonyl (C=O) groups is 1. The highest BCUT2D eigenvalue weighted by Crippen LogP contribution is 2.45. The smallest absolute Gasteiger partial charge is 0.242 e. The first-order chi connectivity index (χ1) is 11.5. The molecule has 2 N–H and O–H groups in total. The molecule has 1 aromatic rings. The summed E-state index contributed by atoms with van der Waals surface area (Å²) in [4.78, 5) is 20.0. The monoisotopic (exact) mass is 405 g/mol. The van der Waals surface area contributed by atoms with E-state index in [1.54, 1.807) is 18.8 Å². The van der Waals surface area contributed by atoms with Gasteiger partial charge in [-0.2, -0.15) is 0 Å². The van der Waals surface area contributed by atoms with Crippen molar-refractivity contribution < 1.29 is 9.53 Å². The summed E-state index contributed by atoms with van der Waals surface area (Å²) < 4.78 is 6.67. The highest BCUT2D eigenvalue weighted by Gasteiger charge is 2.36. The maximum Gasteiger partial charge on any atom is 0.242 e. The number of rotatable bonds is 1. The van der Waals surface area contributed by atoms with E-state index in [0.717, 1.165) is 44.8 Å². The number of ether oxygens (including phenoxy) is 1. The van der Waals surface area contributed by atoms with Gasteiger partial charge in [0.15, 0.2) is 0 Å². The molecule has 1 unspecified atom stereocenters. The fourth-order valence-electron chi connectivity index (χ4n) is 3.12. The number of guanidine groups is 1. The van der Waals surface area contributed by atoms with Crippen molar-refractivity contribution in [1.29, 1.82) is 0 Å². The van der Waals surface area contributed by atoms with Gasteiger partial charge in [-0.1, -0.05) is 39.8 Å². The second-order valence-corrected chi connectivity index (χ2v) is 7.92. The number of likely N-dealkylation sites (N-methyl/N-ethyl adjacent to an activating group) is 1. The van der Waals surface area contributed by atoms with E-state index in [1.807, 2.05) is 17.5 Å². The molecule has 0 saturated carbocycles. The third-order valence-corrected chi connectivity index (χ3v) is 6.27. The molecule has 0 saturated heterocycles. The lowest BCUT2D eigenvalue weighted by molar-refractivity contribution is -0.127. The number of allylic oxidation sites excluding steroid dienone is 2. The minimum absolute atomic E-state index is 0.0486. The van der Waals surface area contributed by atoms with Gasteiger partial charge < -0.3 is 10.5 Å². The molecular weight excluding hydrogens is 390 g/mol. The molecule has 4 rings (SSSR count). The molecule has 1 amide bonds. The topological polar surface area (TPSA) is 67.9 Å². The zero-order valence-corrected chi connectivity index (χ0v) is 15.5. The predicted molar refractivity (Wildman–Crippen MR) is 99.0 cm³/mol. The second kappa shape index (κ2) is 5.97. The summed E-state index contributed by atoms with van der Waals surface area (Å²) >= 11 is 5.12. The van der Waals surface area contributed by atoms with Gasteiger partial charge in [0.2, 0.25) is 11.9 Å². The first kappa shape index (κ1) is 15.8. The zero-order chi connectivity index (χ0) is 16.8. The largest absolute Gasteiger partial charge is 0.493 e. The lowest BCUT2D eigenvalue weighted by Gasteiger charge is -2.30. The van der Waals surface area contributed by atoms with Gasteiger partial charge in [-0.25, -0.2) is 4.99 Å². The maximum absolute atomic E-state index is 12.9. The molecular formula is C17H16BrN3O2S. The molecule has 7 heteroatoms. The number of carbonyl (C=O) groups excluding carboxylic acids is 1. The molecule has 0 bridgehead atoms. The molecule has 1 atom stereocenters. The number of nitrogens with zero attached hydrogens (tertiary/aromatic N) is 2. The van der Waals surface area contributed by atoms with E-state index in [0.29, 0.717) is 6.61 Å². The van der Waals surface area contributed by atoms with Gasteiger partial charge in [0.1, 0.15) is 11.7 Å². The van der Waals surface area contributed by atoms with Crippen molar-refractivity contribution in [3.8, 4) is 5.75 Å². The van der Waals surface area contributed by atoms with Crippen molar-refractivity contribution >= 4 is 39.6 Å². The van der Waals surface area contributed by atoms with Gasteiger partial charge in [0, 0.05) is 29.3 Å². The number of thioether (sulfide) groups is 1. The first-order valence-corrected chi connectivity index (χ1v) is 9.33. The Balaban J connectivity index is 1.83. The highest BCUT2D eigenvalue weighted by atomic mass is 79.9. The third-order valence-electron chi connectivity index (χ3n) is 4.42. The summed E-state index contributed by atoms with van der Waals surface area (Å²) in [5.41, 5.74) is 8.80. The molecule has 124 valence electrons. The van der Waals surface area contributed by atoms with Crippen LogP contribution in [0.4, 0.5) is 0 Å². The third kappa shape index (κ3) is 2.56. The van der Waals surface area contributed by atoms with Crippen LogP contribution in [-0.4, -0.2) is 30.4 Å². The number of hydrogen-bond donors (Lipinski definition) is 1. The van der Waals surface area contributed by atoms with Crippen LogP contribution in [0.3, 0.4) is 0 Å². The Hall–Kier alpha value is -1.73. The van der Waals surface area contributed by atoms with Crippen molar-refractivity contribution in [2.24, 2.45) is 10.7 Å². The summed E-state index contributed by atoms with van der Waals surface area (Å²) in [5.74, 6) is 0.675. The molecule has 0 aliphatic carbocycles. The Bertz CT molecular complexity index is 831. The van der Waals surface area contributed by atoms with Crippen molar-refractivity contribution in [2.45, 2.75) is 18.8 Å². The Kier molecular flexibility index (Phi) is 3.92. The van der Waals surface area contributed by atoms with Crippen LogP contribution in [0.15, 0.2) is 43.7 Å². The predicted octanol–water partition coefficient (Wildman–Crippen LogP) is 3.08. The number of halogens is 1. The van der Waals surface area contributed by atoms with E-state index in [2.05, 4.69) is 27.0 Å². The Morgan fingerprint density at radius 2 is 2.29 bits per heavy atom. The molecule has 0 fully saturated rings. The summed E-state index contributed by atoms with van der Waals surface area (Å²) in [6, 6.07) is 5.98. The van der Waals surface area contributed by atoms with Crippen LogP contribution in [-0.2, 0) is 11.2 Å². The summed E-state index contributed by atoms with van der Waals surface area (Å²) in [6.07, 6.45) is 1.62.